The van der Waals surface area contributed by atoms with Crippen molar-refractivity contribution in [2.75, 3.05) is 60.2 Å². The van der Waals surface area contributed by atoms with E-state index in [4.69, 9.17) is 34.5 Å². The van der Waals surface area contributed by atoms with Crippen LogP contribution in [0, 0.1) is 11.8 Å². The molecule has 0 unspecified atom stereocenters. The Labute approximate surface area is 299 Å². The van der Waals surface area contributed by atoms with Crippen LogP contribution in [0.3, 0.4) is 0 Å². The number of aliphatic carboxylic acids is 1. The SMILES string of the molecule is C=C[C@H]1[C@H](O[C@@H]2O[C@H](CO)[C@@H](O)C(O)(O)[C@H]2O[C@H](CO)NC)OC=C(C(=O)OC)[C@H]1/C=C/C1=C(NC(N)=NCCCO)C(C(=O)O)=CN(CCO)C1. The number of allylic oxidation sites excluding steroid dienone is 1. The number of rotatable bonds is 18. The minimum atomic E-state index is -3.07. The summed E-state index contributed by atoms with van der Waals surface area (Å²) in [5, 5.41) is 86.0. The van der Waals surface area contributed by atoms with Crippen LogP contribution in [0.1, 0.15) is 6.42 Å². The number of hydrogen-bond donors (Lipinski definition) is 11. The Hall–Kier alpha value is -3.93. The van der Waals surface area contributed by atoms with E-state index in [2.05, 4.69) is 22.2 Å². The lowest BCUT2D eigenvalue weighted by Gasteiger charge is -2.48. The molecule has 1 fully saturated rings. The number of guanidine groups is 1. The number of aliphatic hydroxyl groups is 7. The second kappa shape index (κ2) is 19.8. The molecule has 0 aliphatic carbocycles. The van der Waals surface area contributed by atoms with Crippen molar-refractivity contribution < 1.29 is 74.1 Å². The molecule has 3 aliphatic heterocycles. The van der Waals surface area contributed by atoms with Crippen LogP contribution < -0.4 is 16.4 Å². The number of aliphatic hydroxyl groups excluding tert-OH is 5. The van der Waals surface area contributed by atoms with Crippen molar-refractivity contribution in [2.24, 2.45) is 22.6 Å². The van der Waals surface area contributed by atoms with Crippen LogP contribution in [0.25, 0.3) is 0 Å². The number of carbonyl (C=O) groups is 2. The van der Waals surface area contributed by atoms with Crippen LogP contribution in [0.5, 0.6) is 0 Å². The number of β-amino-alcohol motifs (C(OH)–C–C–N with tert-alkyl or cyclic N) is 1. The van der Waals surface area contributed by atoms with Gasteiger partial charge in [0.15, 0.2) is 18.4 Å². The first-order valence-electron chi connectivity index (χ1n) is 16.3. The Bertz CT molecular complexity index is 1400. The smallest absolute Gasteiger partial charge is 0.339 e. The molecule has 12 N–H and O–H groups in total. The number of carbonyl (C=O) groups excluding carboxylic acids is 1. The highest BCUT2D eigenvalue weighted by atomic mass is 16.8. The van der Waals surface area contributed by atoms with Gasteiger partial charge in [0.25, 0.3) is 0 Å². The van der Waals surface area contributed by atoms with Gasteiger partial charge in [-0.2, -0.15) is 0 Å². The van der Waals surface area contributed by atoms with Crippen LogP contribution in [0.15, 0.2) is 64.7 Å². The van der Waals surface area contributed by atoms with Crippen molar-refractivity contribution in [3.63, 3.8) is 0 Å². The quantitative estimate of drug-likeness (QED) is 0.0159. The van der Waals surface area contributed by atoms with Crippen LogP contribution >= 0.6 is 0 Å². The average molecular weight is 744 g/mol. The van der Waals surface area contributed by atoms with E-state index in [1.807, 2.05) is 0 Å². The summed E-state index contributed by atoms with van der Waals surface area (Å²) < 4.78 is 28.0. The number of carboxylic acid groups (broad SMARTS) is 1. The summed E-state index contributed by atoms with van der Waals surface area (Å²) in [6, 6.07) is 0. The second-order valence-corrected chi connectivity index (χ2v) is 11.8. The number of hydrogen-bond acceptors (Lipinski definition) is 17. The highest BCUT2D eigenvalue weighted by molar-refractivity contribution is 5.95. The van der Waals surface area contributed by atoms with Crippen molar-refractivity contribution in [3.8, 4) is 0 Å². The first kappa shape index (κ1) is 42.5. The number of esters is 1. The van der Waals surface area contributed by atoms with Gasteiger partial charge in [-0.1, -0.05) is 18.2 Å². The fraction of sp³-hybridized carbons (Fsp3) is 0.594. The maximum Gasteiger partial charge on any atom is 0.339 e. The van der Waals surface area contributed by atoms with Crippen molar-refractivity contribution >= 4 is 17.9 Å². The molecule has 20 heteroatoms. The number of nitrogens with two attached hydrogens (primary N) is 1. The summed E-state index contributed by atoms with van der Waals surface area (Å²) in [6.45, 7) is 2.25. The van der Waals surface area contributed by atoms with E-state index in [1.165, 1.54) is 31.5 Å². The van der Waals surface area contributed by atoms with Gasteiger partial charge in [-0.05, 0) is 19.0 Å². The summed E-state index contributed by atoms with van der Waals surface area (Å²) in [4.78, 5) is 31.0. The maximum absolute atomic E-state index is 13.0. The van der Waals surface area contributed by atoms with E-state index in [-0.39, 0.29) is 55.7 Å². The molecular weight excluding hydrogens is 694 g/mol. The summed E-state index contributed by atoms with van der Waals surface area (Å²) in [6.07, 6.45) is -2.74. The highest BCUT2D eigenvalue weighted by Gasteiger charge is 2.58. The second-order valence-electron chi connectivity index (χ2n) is 11.8. The summed E-state index contributed by atoms with van der Waals surface area (Å²) in [5.74, 6) is -7.25. The zero-order chi connectivity index (χ0) is 38.6. The minimum Gasteiger partial charge on any atom is -0.478 e. The number of methoxy groups -OCH3 is 1. The molecule has 0 bridgehead atoms. The van der Waals surface area contributed by atoms with Crippen LogP contribution in [0.4, 0.5) is 0 Å². The van der Waals surface area contributed by atoms with Gasteiger partial charge in [-0.25, -0.2) is 9.59 Å². The minimum absolute atomic E-state index is 0.0177. The predicted octanol–water partition coefficient (Wildman–Crippen LogP) is -4.11. The van der Waals surface area contributed by atoms with Gasteiger partial charge in [0.05, 0.1) is 56.0 Å². The zero-order valence-electron chi connectivity index (χ0n) is 28.8. The van der Waals surface area contributed by atoms with E-state index >= 15 is 0 Å². The normalized spacial score (nSPS) is 28.5. The Morgan fingerprint density at radius 1 is 1.23 bits per heavy atom. The molecule has 0 radical (unpaired) electrons. The fourth-order valence-corrected chi connectivity index (χ4v) is 5.62. The van der Waals surface area contributed by atoms with Crippen LogP contribution in [-0.2, 0) is 33.3 Å². The van der Waals surface area contributed by atoms with E-state index in [1.54, 1.807) is 4.90 Å². The zero-order valence-corrected chi connectivity index (χ0v) is 28.8. The van der Waals surface area contributed by atoms with E-state index < -0.39 is 79.9 Å². The molecule has 292 valence electrons. The summed E-state index contributed by atoms with van der Waals surface area (Å²) >= 11 is 0. The number of nitrogens with zero attached hydrogens (tertiary/aromatic N) is 2. The molecular formula is C32H49N5O15. The number of carboxylic acids is 1. The first-order valence-corrected chi connectivity index (χ1v) is 16.3. The molecule has 3 heterocycles. The average Bonchev–Trinajstić information content (AvgIpc) is 3.12. The predicted molar refractivity (Wildman–Crippen MR) is 179 cm³/mol. The molecule has 8 atom stereocenters. The van der Waals surface area contributed by atoms with Crippen molar-refractivity contribution in [1.29, 1.82) is 0 Å². The van der Waals surface area contributed by atoms with Gasteiger partial charge in [0.1, 0.15) is 18.4 Å². The van der Waals surface area contributed by atoms with Gasteiger partial charge < -0.3 is 80.5 Å². The van der Waals surface area contributed by atoms with E-state index in [0.717, 1.165) is 13.4 Å². The third-order valence-electron chi connectivity index (χ3n) is 8.37. The Kier molecular flexibility index (Phi) is 16.2. The molecule has 1 saturated heterocycles. The molecule has 0 aromatic carbocycles. The Balaban J connectivity index is 2.08. The van der Waals surface area contributed by atoms with Gasteiger partial charge in [-0.3, -0.25) is 10.3 Å². The van der Waals surface area contributed by atoms with Crippen molar-refractivity contribution in [2.45, 2.75) is 49.3 Å². The number of ether oxygens (including phenoxy) is 5. The molecule has 0 spiro atoms. The van der Waals surface area contributed by atoms with Crippen molar-refractivity contribution in [3.05, 3.63) is 59.7 Å². The molecule has 3 aliphatic rings. The molecule has 0 saturated carbocycles. The van der Waals surface area contributed by atoms with Gasteiger partial charge in [0.2, 0.25) is 12.1 Å². The first-order chi connectivity index (χ1) is 24.8. The summed E-state index contributed by atoms with van der Waals surface area (Å²) in [7, 11) is 2.56. The standard InChI is InChI=1S/C32H49N5O15/c1-4-18-19(7-6-17-12-37(9-11-39)13-20(27(43)44)24(17)36-31(33)35-8-5-10-38)21(28(45)48-3)16-49-29(18)52-30-26(51-23(15-41)34-2)32(46,47)25(42)22(14-40)50-30/h4,6-7,13,16,18-19,22-23,25-26,29-30,34,38-42,46-47H,1,5,8-12,14-15H2,2-3H3,(H,43,44)(H3,33,35,36)/b7-6+/t18-,19+,22-,23-,25-,26+,29+,30+/m1/s1. The number of nitrogens with one attached hydrogen (secondary N) is 2. The molecule has 20 nitrogen and oxygen atoms in total. The molecule has 3 rings (SSSR count). The lowest BCUT2D eigenvalue weighted by atomic mass is 9.83. The largest absolute Gasteiger partial charge is 0.478 e. The Morgan fingerprint density at radius 2 is 1.96 bits per heavy atom. The van der Waals surface area contributed by atoms with Gasteiger partial charge >= 0.3 is 11.9 Å². The number of likely N-dealkylation sites (N-methyl/N-ethyl adjacent to an activating group) is 1. The van der Waals surface area contributed by atoms with Gasteiger partial charge in [-0.15, -0.1) is 6.58 Å². The molecule has 0 amide bonds. The highest BCUT2D eigenvalue weighted by Crippen LogP contribution is 2.38. The fourth-order valence-electron chi connectivity index (χ4n) is 5.62. The molecule has 0 aromatic heterocycles. The third kappa shape index (κ3) is 10.1. The lowest BCUT2D eigenvalue weighted by Crippen LogP contribution is -2.69. The lowest BCUT2D eigenvalue weighted by molar-refractivity contribution is -0.416. The third-order valence-corrected chi connectivity index (χ3v) is 8.37. The topological polar surface area (TPSA) is 308 Å². The Morgan fingerprint density at radius 3 is 2.54 bits per heavy atom. The number of aliphatic imine (C=N–C) groups is 1. The van der Waals surface area contributed by atoms with Crippen LogP contribution in [-0.4, -0.2) is 167 Å². The van der Waals surface area contributed by atoms with E-state index in [0.29, 0.717) is 12.0 Å². The maximum atomic E-state index is 13.0. The molecule has 52 heavy (non-hydrogen) atoms. The van der Waals surface area contributed by atoms with Crippen LogP contribution in [0.2, 0.25) is 0 Å². The molecule has 0 aromatic rings. The van der Waals surface area contributed by atoms with E-state index in [9.17, 15) is 45.3 Å². The summed E-state index contributed by atoms with van der Waals surface area (Å²) in [5.41, 5.74) is 6.23. The van der Waals surface area contributed by atoms with Crippen molar-refractivity contribution in [1.82, 2.24) is 15.5 Å². The monoisotopic (exact) mass is 743 g/mol. The van der Waals surface area contributed by atoms with Gasteiger partial charge in [0, 0.05) is 38.4 Å².